The molecule has 0 saturated carbocycles. The number of halogens is 2. The van der Waals surface area contributed by atoms with Gasteiger partial charge in [0.25, 0.3) is 0 Å². The summed E-state index contributed by atoms with van der Waals surface area (Å²) in [6, 6.07) is 13.1. The first kappa shape index (κ1) is 15.2. The van der Waals surface area contributed by atoms with Crippen LogP contribution >= 0.6 is 23.2 Å². The van der Waals surface area contributed by atoms with Crippen LogP contribution in [-0.2, 0) is 6.42 Å². The Morgan fingerprint density at radius 3 is 2.60 bits per heavy atom. The first-order valence-electron chi connectivity index (χ1n) is 6.53. The van der Waals surface area contributed by atoms with Crippen LogP contribution in [0.2, 0.25) is 10.0 Å². The fraction of sp³-hybridized carbons (Fsp3) is 0.250. The molecule has 0 bridgehead atoms. The van der Waals surface area contributed by atoms with Crippen molar-refractivity contribution >= 4 is 23.2 Å². The lowest BCUT2D eigenvalue weighted by Crippen LogP contribution is -2.15. The second-order valence-corrected chi connectivity index (χ2v) is 5.36. The van der Waals surface area contributed by atoms with Crippen molar-refractivity contribution in [3.05, 3.63) is 63.6 Å². The van der Waals surface area contributed by atoms with Crippen molar-refractivity contribution in [1.29, 1.82) is 0 Å². The monoisotopic (exact) mass is 309 g/mol. The van der Waals surface area contributed by atoms with Gasteiger partial charge in [0.05, 0.1) is 6.61 Å². The molecule has 0 aliphatic rings. The molecule has 0 aromatic heterocycles. The standard InChI is InChI=1S/C16H17Cl2NO/c1-2-20-16-6-4-3-5-13(16)15(19)9-11-7-8-12(17)10-14(11)18/h3-8,10,15H,2,9,19H2,1H3. The number of rotatable bonds is 5. The van der Waals surface area contributed by atoms with Gasteiger partial charge in [-0.2, -0.15) is 0 Å². The van der Waals surface area contributed by atoms with E-state index in [1.54, 1.807) is 6.07 Å². The number of ether oxygens (including phenoxy) is 1. The van der Waals surface area contributed by atoms with Crippen LogP contribution in [0.5, 0.6) is 5.75 Å². The lowest BCUT2D eigenvalue weighted by molar-refractivity contribution is 0.334. The largest absolute Gasteiger partial charge is 0.494 e. The second-order valence-electron chi connectivity index (χ2n) is 4.52. The van der Waals surface area contributed by atoms with E-state index in [9.17, 15) is 0 Å². The van der Waals surface area contributed by atoms with Gasteiger partial charge in [-0.1, -0.05) is 47.5 Å². The van der Waals surface area contributed by atoms with Crippen LogP contribution in [0, 0.1) is 0 Å². The van der Waals surface area contributed by atoms with Gasteiger partial charge in [-0.15, -0.1) is 0 Å². The molecule has 2 aromatic carbocycles. The molecule has 0 amide bonds. The third kappa shape index (κ3) is 3.66. The minimum absolute atomic E-state index is 0.170. The SMILES string of the molecule is CCOc1ccccc1C(N)Cc1ccc(Cl)cc1Cl. The van der Waals surface area contributed by atoms with Gasteiger partial charge in [-0.25, -0.2) is 0 Å². The van der Waals surface area contributed by atoms with E-state index in [2.05, 4.69) is 0 Å². The maximum absolute atomic E-state index is 6.29. The lowest BCUT2D eigenvalue weighted by Gasteiger charge is -2.17. The first-order chi connectivity index (χ1) is 9.61. The summed E-state index contributed by atoms with van der Waals surface area (Å²) in [6.45, 7) is 2.57. The molecule has 0 saturated heterocycles. The molecule has 1 unspecified atom stereocenters. The van der Waals surface area contributed by atoms with E-state index in [1.165, 1.54) is 0 Å². The van der Waals surface area contributed by atoms with Gasteiger partial charge in [-0.3, -0.25) is 0 Å². The van der Waals surface area contributed by atoms with Crippen LogP contribution in [0.3, 0.4) is 0 Å². The van der Waals surface area contributed by atoms with Crippen LogP contribution in [0.4, 0.5) is 0 Å². The number of para-hydroxylation sites is 1. The Kier molecular flexibility index (Phi) is 5.30. The Labute approximate surface area is 129 Å². The van der Waals surface area contributed by atoms with Gasteiger partial charge in [0.1, 0.15) is 5.75 Å². The third-order valence-corrected chi connectivity index (χ3v) is 3.66. The molecule has 2 rings (SSSR count). The van der Waals surface area contributed by atoms with Gasteiger partial charge < -0.3 is 10.5 Å². The smallest absolute Gasteiger partial charge is 0.124 e. The maximum Gasteiger partial charge on any atom is 0.124 e. The van der Waals surface area contributed by atoms with Crippen molar-refractivity contribution in [1.82, 2.24) is 0 Å². The molecule has 2 aromatic rings. The molecule has 0 fully saturated rings. The predicted molar refractivity (Wildman–Crippen MR) is 84.7 cm³/mol. The van der Waals surface area contributed by atoms with Gasteiger partial charge in [-0.05, 0) is 37.1 Å². The molecule has 1 atom stereocenters. The quantitative estimate of drug-likeness (QED) is 0.873. The van der Waals surface area contributed by atoms with Crippen molar-refractivity contribution in [3.8, 4) is 5.75 Å². The third-order valence-electron chi connectivity index (χ3n) is 3.07. The van der Waals surface area contributed by atoms with Crippen molar-refractivity contribution < 1.29 is 4.74 Å². The predicted octanol–water partition coefficient (Wildman–Crippen LogP) is 4.63. The highest BCUT2D eigenvalue weighted by molar-refractivity contribution is 6.35. The average Bonchev–Trinajstić information content (AvgIpc) is 2.43. The Bertz CT molecular complexity index is 586. The van der Waals surface area contributed by atoms with Crippen molar-refractivity contribution in [2.24, 2.45) is 5.73 Å². The summed E-state index contributed by atoms with van der Waals surface area (Å²) in [7, 11) is 0. The van der Waals surface area contributed by atoms with Crippen molar-refractivity contribution in [2.45, 2.75) is 19.4 Å². The summed E-state index contributed by atoms with van der Waals surface area (Å²) >= 11 is 12.1. The summed E-state index contributed by atoms with van der Waals surface area (Å²) in [5.74, 6) is 0.826. The summed E-state index contributed by atoms with van der Waals surface area (Å²) < 4.78 is 5.61. The van der Waals surface area contributed by atoms with Crippen molar-refractivity contribution in [2.75, 3.05) is 6.61 Å². The molecule has 0 radical (unpaired) electrons. The van der Waals surface area contributed by atoms with Crippen LogP contribution < -0.4 is 10.5 Å². The van der Waals surface area contributed by atoms with E-state index in [0.717, 1.165) is 16.9 Å². The van der Waals surface area contributed by atoms with Gasteiger partial charge in [0.15, 0.2) is 0 Å². The lowest BCUT2D eigenvalue weighted by atomic mass is 9.99. The summed E-state index contributed by atoms with van der Waals surface area (Å²) in [6.07, 6.45) is 0.639. The zero-order valence-electron chi connectivity index (χ0n) is 11.3. The van der Waals surface area contributed by atoms with Crippen LogP contribution in [0.1, 0.15) is 24.1 Å². The molecule has 0 heterocycles. The van der Waals surface area contributed by atoms with E-state index >= 15 is 0 Å². The zero-order valence-corrected chi connectivity index (χ0v) is 12.8. The maximum atomic E-state index is 6.29. The highest BCUT2D eigenvalue weighted by Crippen LogP contribution is 2.29. The summed E-state index contributed by atoms with van der Waals surface area (Å²) in [4.78, 5) is 0. The highest BCUT2D eigenvalue weighted by atomic mass is 35.5. The Hall–Kier alpha value is -1.22. The van der Waals surface area contributed by atoms with Crippen LogP contribution in [0.25, 0.3) is 0 Å². The number of hydrogen-bond acceptors (Lipinski definition) is 2. The topological polar surface area (TPSA) is 35.2 Å². The number of nitrogens with two attached hydrogens (primary N) is 1. The molecule has 2 nitrogen and oxygen atoms in total. The van der Waals surface area contributed by atoms with Crippen molar-refractivity contribution in [3.63, 3.8) is 0 Å². The number of benzene rings is 2. The molecular formula is C16H17Cl2NO. The van der Waals surface area contributed by atoms with Gasteiger partial charge in [0, 0.05) is 21.7 Å². The second kappa shape index (κ2) is 6.98. The molecule has 0 spiro atoms. The Morgan fingerprint density at radius 2 is 1.90 bits per heavy atom. The zero-order chi connectivity index (χ0) is 14.5. The molecular weight excluding hydrogens is 293 g/mol. The van der Waals surface area contributed by atoms with Crippen LogP contribution in [-0.4, -0.2) is 6.61 Å². The summed E-state index contributed by atoms with van der Waals surface area (Å²) in [5.41, 5.74) is 8.26. The molecule has 106 valence electrons. The molecule has 2 N–H and O–H groups in total. The Balaban J connectivity index is 2.21. The summed E-state index contributed by atoms with van der Waals surface area (Å²) in [5, 5.41) is 1.27. The molecule has 4 heteroatoms. The Morgan fingerprint density at radius 1 is 1.15 bits per heavy atom. The fourth-order valence-electron chi connectivity index (χ4n) is 2.11. The average molecular weight is 310 g/mol. The molecule has 0 aliphatic heterocycles. The number of hydrogen-bond donors (Lipinski definition) is 1. The van der Waals surface area contributed by atoms with Gasteiger partial charge in [0.2, 0.25) is 0 Å². The minimum Gasteiger partial charge on any atom is -0.494 e. The highest BCUT2D eigenvalue weighted by Gasteiger charge is 2.14. The molecule has 0 aliphatic carbocycles. The van der Waals surface area contributed by atoms with E-state index in [1.807, 2.05) is 43.3 Å². The normalized spacial score (nSPS) is 12.2. The van der Waals surface area contributed by atoms with E-state index in [4.69, 9.17) is 33.7 Å². The molecule has 20 heavy (non-hydrogen) atoms. The van der Waals surface area contributed by atoms with E-state index < -0.39 is 0 Å². The minimum atomic E-state index is -0.170. The van der Waals surface area contributed by atoms with E-state index in [-0.39, 0.29) is 6.04 Å². The fourth-order valence-corrected chi connectivity index (χ4v) is 2.59. The van der Waals surface area contributed by atoms with Crippen LogP contribution in [0.15, 0.2) is 42.5 Å². The first-order valence-corrected chi connectivity index (χ1v) is 7.28. The van der Waals surface area contributed by atoms with Gasteiger partial charge >= 0.3 is 0 Å². The van der Waals surface area contributed by atoms with E-state index in [0.29, 0.717) is 23.1 Å².